The standard InChI is InChI=1S/C17H16N2O3S/c1-10-6-13(19(2)9-10)16(20)18-12-4-5-14-11(7-12)8-15(23-14)17(21)22-3/h4-9H,1-3H3,(H,18,20). The van der Waals surface area contributed by atoms with Gasteiger partial charge in [-0.3, -0.25) is 4.79 Å². The summed E-state index contributed by atoms with van der Waals surface area (Å²) < 4.78 is 7.50. The fourth-order valence-corrected chi connectivity index (χ4v) is 3.43. The number of nitrogens with zero attached hydrogens (tertiary/aromatic N) is 1. The maximum atomic E-state index is 12.3. The summed E-state index contributed by atoms with van der Waals surface area (Å²) in [7, 11) is 3.20. The number of thiophene rings is 1. The number of benzene rings is 1. The first kappa shape index (κ1) is 15.3. The summed E-state index contributed by atoms with van der Waals surface area (Å²) in [5.74, 6) is -0.514. The van der Waals surface area contributed by atoms with Crippen LogP contribution in [0.3, 0.4) is 0 Å². The normalized spacial score (nSPS) is 10.7. The molecular weight excluding hydrogens is 312 g/mol. The summed E-state index contributed by atoms with van der Waals surface area (Å²) in [6.07, 6.45) is 1.90. The van der Waals surface area contributed by atoms with Gasteiger partial charge < -0.3 is 14.6 Å². The maximum absolute atomic E-state index is 12.3. The molecular formula is C17H16N2O3S. The Morgan fingerprint density at radius 2 is 2.00 bits per heavy atom. The van der Waals surface area contributed by atoms with Crippen LogP contribution in [-0.4, -0.2) is 23.6 Å². The first-order valence-electron chi connectivity index (χ1n) is 7.04. The lowest BCUT2D eigenvalue weighted by Gasteiger charge is -2.06. The fraction of sp³-hybridized carbons (Fsp3) is 0.176. The monoisotopic (exact) mass is 328 g/mol. The van der Waals surface area contributed by atoms with Crippen LogP contribution >= 0.6 is 11.3 Å². The number of ether oxygens (including phenoxy) is 1. The third-order valence-electron chi connectivity index (χ3n) is 3.54. The minimum Gasteiger partial charge on any atom is -0.465 e. The van der Waals surface area contributed by atoms with Gasteiger partial charge in [-0.2, -0.15) is 0 Å². The molecule has 3 aromatic rings. The van der Waals surface area contributed by atoms with Crippen molar-refractivity contribution in [3.63, 3.8) is 0 Å². The van der Waals surface area contributed by atoms with Crippen LogP contribution in [0.5, 0.6) is 0 Å². The maximum Gasteiger partial charge on any atom is 0.348 e. The Kier molecular flexibility index (Phi) is 3.92. The number of hydrogen-bond donors (Lipinski definition) is 1. The van der Waals surface area contributed by atoms with Crippen molar-refractivity contribution in [1.29, 1.82) is 0 Å². The van der Waals surface area contributed by atoms with Crippen molar-refractivity contribution in [2.75, 3.05) is 12.4 Å². The smallest absolute Gasteiger partial charge is 0.348 e. The Morgan fingerprint density at radius 3 is 2.65 bits per heavy atom. The van der Waals surface area contributed by atoms with E-state index in [2.05, 4.69) is 5.32 Å². The second kappa shape index (κ2) is 5.89. The molecule has 118 valence electrons. The molecule has 0 atom stereocenters. The number of carbonyl (C=O) groups is 2. The summed E-state index contributed by atoms with van der Waals surface area (Å²) >= 11 is 1.37. The topological polar surface area (TPSA) is 60.3 Å². The van der Waals surface area contributed by atoms with Gasteiger partial charge in [-0.15, -0.1) is 11.3 Å². The number of rotatable bonds is 3. The van der Waals surface area contributed by atoms with Crippen molar-refractivity contribution >= 4 is 39.0 Å². The van der Waals surface area contributed by atoms with Crippen LogP contribution in [0, 0.1) is 6.92 Å². The molecule has 0 aliphatic heterocycles. The highest BCUT2D eigenvalue weighted by molar-refractivity contribution is 7.20. The Labute approximate surface area is 137 Å². The van der Waals surface area contributed by atoms with Crippen LogP contribution in [0.2, 0.25) is 0 Å². The van der Waals surface area contributed by atoms with Crippen LogP contribution in [-0.2, 0) is 11.8 Å². The molecule has 5 nitrogen and oxygen atoms in total. The second-order valence-corrected chi connectivity index (χ2v) is 6.41. The van der Waals surface area contributed by atoms with E-state index in [1.807, 2.05) is 44.4 Å². The molecule has 0 bridgehead atoms. The van der Waals surface area contributed by atoms with E-state index in [1.165, 1.54) is 18.4 Å². The Morgan fingerprint density at radius 1 is 1.22 bits per heavy atom. The molecule has 0 fully saturated rings. The predicted octanol–water partition coefficient (Wildman–Crippen LogP) is 3.59. The van der Waals surface area contributed by atoms with Crippen LogP contribution in [0.25, 0.3) is 10.1 Å². The van der Waals surface area contributed by atoms with Crippen LogP contribution in [0.1, 0.15) is 25.7 Å². The van der Waals surface area contributed by atoms with E-state index in [0.29, 0.717) is 16.3 Å². The molecule has 0 aliphatic carbocycles. The van der Waals surface area contributed by atoms with Gasteiger partial charge in [-0.25, -0.2) is 4.79 Å². The first-order valence-corrected chi connectivity index (χ1v) is 7.86. The number of esters is 1. The van der Waals surface area contributed by atoms with Gasteiger partial charge >= 0.3 is 5.97 Å². The summed E-state index contributed by atoms with van der Waals surface area (Å²) in [5.41, 5.74) is 2.33. The molecule has 2 heterocycles. The molecule has 0 aliphatic rings. The molecule has 0 unspecified atom stereocenters. The van der Waals surface area contributed by atoms with E-state index in [4.69, 9.17) is 4.74 Å². The lowest BCUT2D eigenvalue weighted by molar-refractivity contribution is 0.0606. The van der Waals surface area contributed by atoms with E-state index >= 15 is 0 Å². The van der Waals surface area contributed by atoms with Crippen LogP contribution < -0.4 is 5.32 Å². The molecule has 23 heavy (non-hydrogen) atoms. The molecule has 2 aromatic heterocycles. The van der Waals surface area contributed by atoms with Gasteiger partial charge in [0.1, 0.15) is 10.6 Å². The third-order valence-corrected chi connectivity index (χ3v) is 4.63. The number of carbonyl (C=O) groups excluding carboxylic acids is 2. The van der Waals surface area contributed by atoms with Gasteiger partial charge in [0.15, 0.2) is 0 Å². The minimum absolute atomic E-state index is 0.164. The van der Waals surface area contributed by atoms with Gasteiger partial charge in [0, 0.05) is 23.6 Å². The Balaban J connectivity index is 1.87. The van der Waals surface area contributed by atoms with Crippen molar-refractivity contribution in [2.24, 2.45) is 7.05 Å². The van der Waals surface area contributed by atoms with Gasteiger partial charge in [-0.1, -0.05) is 0 Å². The van der Waals surface area contributed by atoms with Crippen LogP contribution in [0.4, 0.5) is 5.69 Å². The van der Waals surface area contributed by atoms with E-state index in [-0.39, 0.29) is 11.9 Å². The molecule has 0 radical (unpaired) electrons. The largest absolute Gasteiger partial charge is 0.465 e. The van der Waals surface area contributed by atoms with Crippen molar-refractivity contribution in [3.8, 4) is 0 Å². The summed E-state index contributed by atoms with van der Waals surface area (Å²) in [5, 5.41) is 3.78. The number of fused-ring (bicyclic) bond motifs is 1. The Hall–Kier alpha value is -2.60. The predicted molar refractivity (Wildman–Crippen MR) is 91.3 cm³/mol. The highest BCUT2D eigenvalue weighted by Gasteiger charge is 2.13. The van der Waals surface area contributed by atoms with Gasteiger partial charge in [-0.05, 0) is 48.2 Å². The molecule has 6 heteroatoms. The number of methoxy groups -OCH3 is 1. The van der Waals surface area contributed by atoms with Gasteiger partial charge in [0.2, 0.25) is 0 Å². The molecule has 3 rings (SSSR count). The first-order chi connectivity index (χ1) is 11.0. The molecule has 0 saturated heterocycles. The van der Waals surface area contributed by atoms with E-state index in [1.54, 1.807) is 10.6 Å². The van der Waals surface area contributed by atoms with Crippen molar-refractivity contribution in [3.05, 3.63) is 52.7 Å². The molecule has 0 spiro atoms. The zero-order valence-electron chi connectivity index (χ0n) is 13.0. The van der Waals surface area contributed by atoms with Gasteiger partial charge in [0.05, 0.1) is 7.11 Å². The zero-order valence-corrected chi connectivity index (χ0v) is 13.9. The number of amides is 1. The molecule has 1 amide bonds. The van der Waals surface area contributed by atoms with Crippen molar-refractivity contribution in [1.82, 2.24) is 4.57 Å². The highest BCUT2D eigenvalue weighted by Crippen LogP contribution is 2.28. The quantitative estimate of drug-likeness (QED) is 0.748. The molecule has 0 saturated carbocycles. The van der Waals surface area contributed by atoms with E-state index in [0.717, 1.165) is 15.6 Å². The average Bonchev–Trinajstić information content (AvgIpc) is 3.08. The summed E-state index contributed by atoms with van der Waals surface area (Å²) in [6.45, 7) is 1.95. The fourth-order valence-electron chi connectivity index (χ4n) is 2.47. The minimum atomic E-state index is -0.351. The second-order valence-electron chi connectivity index (χ2n) is 5.32. The molecule has 1 aromatic carbocycles. The average molecular weight is 328 g/mol. The SMILES string of the molecule is COC(=O)c1cc2cc(NC(=O)c3cc(C)cn3C)ccc2s1. The van der Waals surface area contributed by atoms with Crippen LogP contribution in [0.15, 0.2) is 36.5 Å². The van der Waals surface area contributed by atoms with Crippen molar-refractivity contribution < 1.29 is 14.3 Å². The third kappa shape index (κ3) is 2.98. The number of aryl methyl sites for hydroxylation is 2. The van der Waals surface area contributed by atoms with Gasteiger partial charge in [0.25, 0.3) is 5.91 Å². The molecule has 1 N–H and O–H groups in total. The summed E-state index contributed by atoms with van der Waals surface area (Å²) in [4.78, 5) is 24.5. The van der Waals surface area contributed by atoms with E-state index in [9.17, 15) is 9.59 Å². The highest BCUT2D eigenvalue weighted by atomic mass is 32.1. The number of nitrogens with one attached hydrogen (secondary N) is 1. The zero-order chi connectivity index (χ0) is 16.6. The van der Waals surface area contributed by atoms with Crippen molar-refractivity contribution in [2.45, 2.75) is 6.92 Å². The number of hydrogen-bond acceptors (Lipinski definition) is 4. The lowest BCUT2D eigenvalue weighted by atomic mass is 10.2. The summed E-state index contributed by atoms with van der Waals surface area (Å²) in [6, 6.07) is 9.18. The van der Waals surface area contributed by atoms with E-state index < -0.39 is 0 Å². The lowest BCUT2D eigenvalue weighted by Crippen LogP contribution is -2.15. The number of aromatic nitrogens is 1. The Bertz CT molecular complexity index is 908. The number of anilines is 1.